The van der Waals surface area contributed by atoms with E-state index in [-0.39, 0.29) is 29.8 Å². The largest absolute Gasteiger partial charge is 0.359 e. The molecule has 5 atom stereocenters. The molecule has 7 heteroatoms. The van der Waals surface area contributed by atoms with Crippen LogP contribution < -0.4 is 10.6 Å². The Labute approximate surface area is 187 Å². The number of likely N-dealkylation sites (tertiary alicyclic amines) is 1. The molecule has 0 radical (unpaired) electrons. The minimum atomic E-state index is -1.08. The van der Waals surface area contributed by atoms with E-state index in [2.05, 4.69) is 10.6 Å². The third kappa shape index (κ3) is 3.09. The summed E-state index contributed by atoms with van der Waals surface area (Å²) in [4.78, 5) is 42.2. The zero-order valence-electron chi connectivity index (χ0n) is 18.0. The molecule has 5 aliphatic rings. The van der Waals surface area contributed by atoms with Crippen molar-refractivity contribution in [3.05, 3.63) is 48.0 Å². The lowest BCUT2D eigenvalue weighted by Gasteiger charge is -2.33. The lowest BCUT2D eigenvalue weighted by Crippen LogP contribution is -2.55. The van der Waals surface area contributed by atoms with Crippen molar-refractivity contribution >= 4 is 17.7 Å². The second-order valence-electron chi connectivity index (χ2n) is 9.93. The summed E-state index contributed by atoms with van der Waals surface area (Å²) < 4.78 is 6.36. The van der Waals surface area contributed by atoms with Gasteiger partial charge in [-0.15, -0.1) is 0 Å². The fourth-order valence-electron chi connectivity index (χ4n) is 6.09. The number of hydrogen-bond acceptors (Lipinski definition) is 4. The molecule has 2 N–H and O–H groups in total. The van der Waals surface area contributed by atoms with Crippen LogP contribution in [0.4, 0.5) is 0 Å². The van der Waals surface area contributed by atoms with Crippen LogP contribution in [0.2, 0.25) is 0 Å². The molecule has 2 bridgehead atoms. The van der Waals surface area contributed by atoms with Gasteiger partial charge in [0.1, 0.15) is 11.6 Å². The summed E-state index contributed by atoms with van der Waals surface area (Å²) in [7, 11) is 0. The van der Waals surface area contributed by atoms with Crippen molar-refractivity contribution in [2.45, 2.75) is 74.9 Å². The molecule has 7 nitrogen and oxygen atoms in total. The molecule has 1 spiro atoms. The van der Waals surface area contributed by atoms with E-state index < -0.39 is 29.6 Å². The van der Waals surface area contributed by atoms with Crippen LogP contribution in [0.1, 0.15) is 44.1 Å². The molecule has 2 saturated carbocycles. The van der Waals surface area contributed by atoms with Gasteiger partial charge >= 0.3 is 0 Å². The predicted molar refractivity (Wildman–Crippen MR) is 116 cm³/mol. The van der Waals surface area contributed by atoms with E-state index in [0.717, 1.165) is 44.1 Å². The Bertz CT molecular complexity index is 969. The Morgan fingerprint density at radius 2 is 1.69 bits per heavy atom. The summed E-state index contributed by atoms with van der Waals surface area (Å²) in [6.45, 7) is 0.319. The van der Waals surface area contributed by atoms with Crippen LogP contribution in [-0.2, 0) is 25.7 Å². The highest BCUT2D eigenvalue weighted by Crippen LogP contribution is 2.55. The van der Waals surface area contributed by atoms with E-state index >= 15 is 0 Å². The van der Waals surface area contributed by atoms with Gasteiger partial charge in [0.2, 0.25) is 17.7 Å². The van der Waals surface area contributed by atoms with Gasteiger partial charge in [0, 0.05) is 18.6 Å². The van der Waals surface area contributed by atoms with Crippen molar-refractivity contribution in [1.82, 2.24) is 15.5 Å². The topological polar surface area (TPSA) is 87.7 Å². The summed E-state index contributed by atoms with van der Waals surface area (Å²) in [6.07, 6.45) is 9.42. The minimum Gasteiger partial charge on any atom is -0.359 e. The number of benzene rings is 1. The van der Waals surface area contributed by atoms with Crippen molar-refractivity contribution < 1.29 is 19.1 Å². The zero-order valence-corrected chi connectivity index (χ0v) is 18.0. The highest BCUT2D eigenvalue weighted by Gasteiger charge is 2.72. The van der Waals surface area contributed by atoms with Crippen LogP contribution in [0.25, 0.3) is 0 Å². The molecule has 4 fully saturated rings. The lowest BCUT2D eigenvalue weighted by molar-refractivity contribution is -0.142. The molecule has 2 saturated heterocycles. The monoisotopic (exact) mass is 435 g/mol. The summed E-state index contributed by atoms with van der Waals surface area (Å²) in [5.41, 5.74) is -0.126. The lowest BCUT2D eigenvalue weighted by atomic mass is 9.74. The molecule has 1 aromatic carbocycles. The first kappa shape index (κ1) is 20.0. The van der Waals surface area contributed by atoms with Crippen LogP contribution in [-0.4, -0.2) is 52.5 Å². The highest BCUT2D eigenvalue weighted by atomic mass is 16.5. The number of rotatable bonds is 6. The van der Waals surface area contributed by atoms with Gasteiger partial charge in [-0.05, 0) is 31.2 Å². The maximum atomic E-state index is 13.8. The van der Waals surface area contributed by atoms with E-state index in [1.165, 1.54) is 0 Å². The number of nitrogens with zero attached hydrogens (tertiary/aromatic N) is 1. The minimum absolute atomic E-state index is 0.126. The number of hydrogen-bond donors (Lipinski definition) is 2. The number of amides is 3. The van der Waals surface area contributed by atoms with Gasteiger partial charge in [-0.25, -0.2) is 0 Å². The van der Waals surface area contributed by atoms with E-state index in [9.17, 15) is 14.4 Å². The number of carbonyl (C=O) groups is 3. The Morgan fingerprint density at radius 3 is 2.41 bits per heavy atom. The summed E-state index contributed by atoms with van der Waals surface area (Å²) >= 11 is 0. The van der Waals surface area contributed by atoms with Crippen molar-refractivity contribution in [2.24, 2.45) is 11.8 Å². The number of nitrogens with one attached hydrogen (secondary N) is 2. The smallest absolute Gasteiger partial charge is 0.246 e. The van der Waals surface area contributed by atoms with E-state index in [4.69, 9.17) is 4.74 Å². The normalized spacial score (nSPS) is 35.4. The Morgan fingerprint density at radius 1 is 1.00 bits per heavy atom. The first-order chi connectivity index (χ1) is 15.6. The van der Waals surface area contributed by atoms with Crippen LogP contribution in [0, 0.1) is 11.8 Å². The Hall–Kier alpha value is -2.67. The third-order valence-corrected chi connectivity index (χ3v) is 7.75. The average Bonchev–Trinajstić information content (AvgIpc) is 3.14. The maximum Gasteiger partial charge on any atom is 0.246 e. The van der Waals surface area contributed by atoms with Gasteiger partial charge in [-0.2, -0.15) is 0 Å². The third-order valence-electron chi connectivity index (χ3n) is 7.75. The van der Waals surface area contributed by atoms with E-state index in [0.29, 0.717) is 6.54 Å². The Balaban J connectivity index is 1.34. The Kier molecular flexibility index (Phi) is 4.64. The van der Waals surface area contributed by atoms with Gasteiger partial charge in [0.15, 0.2) is 0 Å². The number of carbonyl (C=O) groups excluding carboxylic acids is 3. The SMILES string of the molecule is O=C(NC1CC1)[C@H]1[C@H]2C=C[C@@]3(O2)[C@H](C(=O)NC2CCCC2)N(Cc2ccccc2)C(=O)[C@@H]13. The van der Waals surface area contributed by atoms with E-state index in [1.807, 2.05) is 42.5 Å². The second kappa shape index (κ2) is 7.44. The van der Waals surface area contributed by atoms with Crippen molar-refractivity contribution in [3.8, 4) is 0 Å². The van der Waals surface area contributed by atoms with Crippen molar-refractivity contribution in [1.29, 1.82) is 0 Å². The molecule has 32 heavy (non-hydrogen) atoms. The van der Waals surface area contributed by atoms with Gasteiger partial charge in [0.05, 0.1) is 17.9 Å². The number of ether oxygens (including phenoxy) is 1. The zero-order chi connectivity index (χ0) is 21.9. The van der Waals surface area contributed by atoms with Gasteiger partial charge < -0.3 is 20.3 Å². The quantitative estimate of drug-likeness (QED) is 0.666. The number of fused-ring (bicyclic) bond motifs is 1. The molecular formula is C25H29N3O4. The second-order valence-corrected chi connectivity index (χ2v) is 9.93. The molecule has 0 aromatic heterocycles. The van der Waals surface area contributed by atoms with Crippen LogP contribution >= 0.6 is 0 Å². The van der Waals surface area contributed by atoms with Crippen molar-refractivity contribution in [3.63, 3.8) is 0 Å². The molecule has 1 aromatic rings. The molecule has 2 aliphatic carbocycles. The molecule has 3 amide bonds. The fourth-order valence-corrected chi connectivity index (χ4v) is 6.09. The first-order valence-corrected chi connectivity index (χ1v) is 11.9. The average molecular weight is 436 g/mol. The molecule has 3 aliphatic heterocycles. The standard InChI is InChI=1S/C25H29N3O4/c29-22(26-17-10-11-17)19-18-12-13-25(32-18)20(19)24(31)28(14-15-6-2-1-3-7-15)21(25)23(30)27-16-8-4-5-9-16/h1-3,6-7,12-13,16-21H,4-5,8-11,14H2,(H,26,29)(H,27,30)/t18-,19+,20-,21+,25+/m1/s1. The maximum absolute atomic E-state index is 13.8. The molecule has 168 valence electrons. The van der Waals surface area contributed by atoms with Crippen molar-refractivity contribution in [2.75, 3.05) is 0 Å². The molecule has 6 rings (SSSR count). The molecular weight excluding hydrogens is 406 g/mol. The van der Waals surface area contributed by atoms with Gasteiger partial charge in [-0.1, -0.05) is 55.3 Å². The first-order valence-electron chi connectivity index (χ1n) is 11.9. The highest BCUT2D eigenvalue weighted by molar-refractivity contribution is 6.00. The van der Waals surface area contributed by atoms with Crippen LogP contribution in [0.5, 0.6) is 0 Å². The fraction of sp³-hybridized carbons (Fsp3) is 0.560. The summed E-state index contributed by atoms with van der Waals surface area (Å²) in [5.74, 6) is -1.71. The molecule has 3 heterocycles. The van der Waals surface area contributed by atoms with Crippen LogP contribution in [0.15, 0.2) is 42.5 Å². The summed E-state index contributed by atoms with van der Waals surface area (Å²) in [6, 6.07) is 9.27. The van der Waals surface area contributed by atoms with E-state index in [1.54, 1.807) is 4.90 Å². The van der Waals surface area contributed by atoms with Gasteiger partial charge in [0.25, 0.3) is 0 Å². The predicted octanol–water partition coefficient (Wildman–Crippen LogP) is 1.67. The summed E-state index contributed by atoms with van der Waals surface area (Å²) in [5, 5.41) is 6.24. The molecule has 0 unspecified atom stereocenters. The van der Waals surface area contributed by atoms with Crippen LogP contribution in [0.3, 0.4) is 0 Å². The van der Waals surface area contributed by atoms with Gasteiger partial charge in [-0.3, -0.25) is 14.4 Å².